The molecule has 0 amide bonds. The van der Waals surface area contributed by atoms with Gasteiger partial charge < -0.3 is 5.32 Å². The lowest BCUT2D eigenvalue weighted by molar-refractivity contribution is 0.280. The SMILES string of the molecule is N#CC1(Cc2cccc(Br)c2)CCNCC1. The molecule has 0 saturated carbocycles. The Labute approximate surface area is 105 Å². The summed E-state index contributed by atoms with van der Waals surface area (Å²) in [4.78, 5) is 0. The van der Waals surface area contributed by atoms with E-state index in [1.807, 2.05) is 12.1 Å². The van der Waals surface area contributed by atoms with Crippen molar-refractivity contribution in [2.24, 2.45) is 5.41 Å². The van der Waals surface area contributed by atoms with Crippen LogP contribution in [0.25, 0.3) is 0 Å². The van der Waals surface area contributed by atoms with E-state index in [0.717, 1.165) is 36.8 Å². The van der Waals surface area contributed by atoms with Crippen LogP contribution in [0.3, 0.4) is 0 Å². The van der Waals surface area contributed by atoms with Gasteiger partial charge in [-0.05, 0) is 50.0 Å². The minimum atomic E-state index is -0.161. The van der Waals surface area contributed by atoms with Crippen molar-refractivity contribution in [2.75, 3.05) is 13.1 Å². The topological polar surface area (TPSA) is 35.8 Å². The first-order valence-electron chi connectivity index (χ1n) is 5.61. The molecule has 2 rings (SSSR count). The van der Waals surface area contributed by atoms with E-state index in [-0.39, 0.29) is 5.41 Å². The summed E-state index contributed by atoms with van der Waals surface area (Å²) in [5, 5.41) is 12.7. The van der Waals surface area contributed by atoms with Gasteiger partial charge in [0.15, 0.2) is 0 Å². The van der Waals surface area contributed by atoms with Gasteiger partial charge in [-0.3, -0.25) is 0 Å². The minimum Gasteiger partial charge on any atom is -0.317 e. The molecule has 1 aromatic carbocycles. The first kappa shape index (κ1) is 11.6. The molecule has 0 aliphatic carbocycles. The van der Waals surface area contributed by atoms with Crippen LogP contribution in [0.2, 0.25) is 0 Å². The van der Waals surface area contributed by atoms with Crippen LogP contribution in [0.15, 0.2) is 28.7 Å². The molecule has 1 heterocycles. The molecule has 0 radical (unpaired) electrons. The average molecular weight is 279 g/mol. The second-order valence-corrected chi connectivity index (χ2v) is 5.36. The zero-order chi connectivity index (χ0) is 11.4. The predicted molar refractivity (Wildman–Crippen MR) is 68.0 cm³/mol. The van der Waals surface area contributed by atoms with Crippen LogP contribution >= 0.6 is 15.9 Å². The van der Waals surface area contributed by atoms with Gasteiger partial charge in [-0.15, -0.1) is 0 Å². The van der Waals surface area contributed by atoms with E-state index in [1.165, 1.54) is 5.56 Å². The molecular formula is C13H15BrN2. The molecule has 0 aromatic heterocycles. The highest BCUT2D eigenvalue weighted by Gasteiger charge is 2.32. The summed E-state index contributed by atoms with van der Waals surface area (Å²) in [6.45, 7) is 1.92. The van der Waals surface area contributed by atoms with Gasteiger partial charge in [0, 0.05) is 4.47 Å². The minimum absolute atomic E-state index is 0.161. The smallest absolute Gasteiger partial charge is 0.0694 e. The maximum atomic E-state index is 9.38. The molecule has 1 aromatic rings. The number of piperidine rings is 1. The summed E-state index contributed by atoms with van der Waals surface area (Å²) in [6.07, 6.45) is 2.77. The van der Waals surface area contributed by atoms with Crippen molar-refractivity contribution >= 4 is 15.9 Å². The van der Waals surface area contributed by atoms with Crippen molar-refractivity contribution in [3.05, 3.63) is 34.3 Å². The summed E-state index contributed by atoms with van der Waals surface area (Å²) in [5.74, 6) is 0. The Morgan fingerprint density at radius 1 is 1.38 bits per heavy atom. The number of hydrogen-bond acceptors (Lipinski definition) is 2. The molecule has 2 nitrogen and oxygen atoms in total. The van der Waals surface area contributed by atoms with E-state index in [4.69, 9.17) is 0 Å². The van der Waals surface area contributed by atoms with Crippen LogP contribution in [0.5, 0.6) is 0 Å². The molecule has 0 spiro atoms. The van der Waals surface area contributed by atoms with E-state index >= 15 is 0 Å². The molecule has 1 N–H and O–H groups in total. The first-order chi connectivity index (χ1) is 7.74. The summed E-state index contributed by atoms with van der Waals surface area (Å²) in [7, 11) is 0. The Hall–Kier alpha value is -0.850. The molecule has 1 fully saturated rings. The van der Waals surface area contributed by atoms with Crippen molar-refractivity contribution in [3.8, 4) is 6.07 Å². The molecule has 84 valence electrons. The second-order valence-electron chi connectivity index (χ2n) is 4.45. The van der Waals surface area contributed by atoms with Crippen LogP contribution < -0.4 is 5.32 Å². The third kappa shape index (κ3) is 2.63. The van der Waals surface area contributed by atoms with Crippen molar-refractivity contribution < 1.29 is 0 Å². The number of nitrogens with one attached hydrogen (secondary N) is 1. The Bertz CT molecular complexity index is 403. The molecule has 3 heteroatoms. The van der Waals surface area contributed by atoms with Crippen molar-refractivity contribution in [3.63, 3.8) is 0 Å². The van der Waals surface area contributed by atoms with Gasteiger partial charge in [-0.25, -0.2) is 0 Å². The Morgan fingerprint density at radius 3 is 2.75 bits per heavy atom. The molecule has 1 aliphatic heterocycles. The first-order valence-corrected chi connectivity index (χ1v) is 6.40. The standard InChI is InChI=1S/C13H15BrN2/c14-12-3-1-2-11(8-12)9-13(10-15)4-6-16-7-5-13/h1-3,8,16H,4-7,9H2. The zero-order valence-corrected chi connectivity index (χ0v) is 10.8. The fraction of sp³-hybridized carbons (Fsp3) is 0.462. The maximum absolute atomic E-state index is 9.38. The number of nitrogens with zero attached hydrogens (tertiary/aromatic N) is 1. The van der Waals surface area contributed by atoms with E-state index < -0.39 is 0 Å². The van der Waals surface area contributed by atoms with E-state index in [1.54, 1.807) is 0 Å². The Kier molecular flexibility index (Phi) is 3.63. The van der Waals surface area contributed by atoms with Crippen LogP contribution in [-0.4, -0.2) is 13.1 Å². The monoisotopic (exact) mass is 278 g/mol. The fourth-order valence-electron chi connectivity index (χ4n) is 2.27. The molecule has 1 saturated heterocycles. The van der Waals surface area contributed by atoms with Crippen LogP contribution in [0.4, 0.5) is 0 Å². The van der Waals surface area contributed by atoms with Gasteiger partial charge in [-0.1, -0.05) is 28.1 Å². The maximum Gasteiger partial charge on any atom is 0.0694 e. The highest BCUT2D eigenvalue weighted by Crippen LogP contribution is 2.32. The summed E-state index contributed by atoms with van der Waals surface area (Å²) in [5.41, 5.74) is 1.09. The Morgan fingerprint density at radius 2 is 2.12 bits per heavy atom. The number of benzene rings is 1. The van der Waals surface area contributed by atoms with Crippen molar-refractivity contribution in [1.29, 1.82) is 5.26 Å². The van der Waals surface area contributed by atoms with Crippen LogP contribution in [-0.2, 0) is 6.42 Å². The summed E-state index contributed by atoms with van der Waals surface area (Å²) < 4.78 is 1.09. The lowest BCUT2D eigenvalue weighted by Crippen LogP contribution is -2.37. The van der Waals surface area contributed by atoms with E-state index in [0.29, 0.717) is 0 Å². The van der Waals surface area contributed by atoms with Gasteiger partial charge in [0.05, 0.1) is 11.5 Å². The van der Waals surface area contributed by atoms with Gasteiger partial charge in [-0.2, -0.15) is 5.26 Å². The van der Waals surface area contributed by atoms with E-state index in [9.17, 15) is 5.26 Å². The quantitative estimate of drug-likeness (QED) is 0.903. The molecular weight excluding hydrogens is 264 g/mol. The molecule has 0 unspecified atom stereocenters. The molecule has 16 heavy (non-hydrogen) atoms. The van der Waals surface area contributed by atoms with Gasteiger partial charge in [0.25, 0.3) is 0 Å². The summed E-state index contributed by atoms with van der Waals surface area (Å²) >= 11 is 3.47. The number of hydrogen-bond donors (Lipinski definition) is 1. The highest BCUT2D eigenvalue weighted by molar-refractivity contribution is 9.10. The Balaban J connectivity index is 2.15. The lowest BCUT2D eigenvalue weighted by atomic mass is 9.75. The lowest BCUT2D eigenvalue weighted by Gasteiger charge is -2.31. The van der Waals surface area contributed by atoms with Crippen LogP contribution in [0.1, 0.15) is 18.4 Å². The fourth-order valence-corrected chi connectivity index (χ4v) is 2.72. The third-order valence-corrected chi connectivity index (χ3v) is 3.72. The molecule has 0 atom stereocenters. The van der Waals surface area contributed by atoms with Crippen LogP contribution in [0, 0.1) is 16.7 Å². The molecule has 0 bridgehead atoms. The molecule has 1 aliphatic rings. The number of nitriles is 1. The third-order valence-electron chi connectivity index (χ3n) is 3.23. The van der Waals surface area contributed by atoms with Gasteiger partial charge in [0.1, 0.15) is 0 Å². The van der Waals surface area contributed by atoms with Gasteiger partial charge in [0.2, 0.25) is 0 Å². The number of rotatable bonds is 2. The normalized spacial score (nSPS) is 19.0. The van der Waals surface area contributed by atoms with Crippen molar-refractivity contribution in [2.45, 2.75) is 19.3 Å². The van der Waals surface area contributed by atoms with Gasteiger partial charge >= 0.3 is 0 Å². The largest absolute Gasteiger partial charge is 0.317 e. The number of halogens is 1. The predicted octanol–water partition coefficient (Wildman–Crippen LogP) is 2.88. The highest BCUT2D eigenvalue weighted by atomic mass is 79.9. The summed E-state index contributed by atoms with van der Waals surface area (Å²) in [6, 6.07) is 10.8. The second kappa shape index (κ2) is 4.99. The average Bonchev–Trinajstić information content (AvgIpc) is 2.30. The zero-order valence-electron chi connectivity index (χ0n) is 9.17. The van der Waals surface area contributed by atoms with Crippen molar-refractivity contribution in [1.82, 2.24) is 5.32 Å². The van der Waals surface area contributed by atoms with E-state index in [2.05, 4.69) is 39.4 Å².